The first-order chi connectivity index (χ1) is 9.76. The number of hydrogen-bond donors (Lipinski definition) is 2. The van der Waals surface area contributed by atoms with E-state index in [-0.39, 0.29) is 10.9 Å². The van der Waals surface area contributed by atoms with E-state index in [0.717, 1.165) is 18.4 Å². The first-order valence-corrected chi connectivity index (χ1v) is 8.70. The maximum Gasteiger partial charge on any atom is 0.243 e. The van der Waals surface area contributed by atoms with Gasteiger partial charge in [0, 0.05) is 12.6 Å². The van der Waals surface area contributed by atoms with Crippen LogP contribution in [0.3, 0.4) is 0 Å². The van der Waals surface area contributed by atoms with E-state index in [9.17, 15) is 12.8 Å². The molecule has 0 aliphatic carbocycles. The zero-order valence-corrected chi connectivity index (χ0v) is 13.9. The summed E-state index contributed by atoms with van der Waals surface area (Å²) in [5.74, 6) is -0.217. The van der Waals surface area contributed by atoms with E-state index >= 15 is 0 Å². The molecule has 1 aromatic rings. The van der Waals surface area contributed by atoms with Crippen LogP contribution in [0.1, 0.15) is 39.2 Å². The predicted octanol–water partition coefficient (Wildman–Crippen LogP) is 2.65. The lowest BCUT2D eigenvalue weighted by Crippen LogP contribution is -2.33. The molecule has 0 heterocycles. The van der Waals surface area contributed by atoms with E-state index in [1.165, 1.54) is 12.1 Å². The first kappa shape index (κ1) is 18.1. The van der Waals surface area contributed by atoms with Crippen molar-refractivity contribution in [2.45, 2.75) is 51.1 Å². The smallest absolute Gasteiger partial charge is 0.243 e. The van der Waals surface area contributed by atoms with Crippen LogP contribution in [-0.4, -0.2) is 21.5 Å². The molecule has 1 atom stereocenters. The minimum Gasteiger partial charge on any atom is -0.316 e. The van der Waals surface area contributed by atoms with Gasteiger partial charge in [-0.05, 0) is 50.4 Å². The molecule has 1 unspecified atom stereocenters. The van der Waals surface area contributed by atoms with Crippen LogP contribution in [0.4, 0.5) is 4.39 Å². The summed E-state index contributed by atoms with van der Waals surface area (Å²) in [5, 5.41) is 2.92. The van der Waals surface area contributed by atoms with Gasteiger partial charge in [0.1, 0.15) is 10.7 Å². The summed E-state index contributed by atoms with van der Waals surface area (Å²) in [4.78, 5) is -0.286. The molecule has 0 radical (unpaired) electrons. The van der Waals surface area contributed by atoms with E-state index in [0.29, 0.717) is 12.5 Å². The lowest BCUT2D eigenvalue weighted by molar-refractivity contribution is 0.483. The van der Waals surface area contributed by atoms with Crippen molar-refractivity contribution in [2.75, 3.05) is 7.05 Å². The Labute approximate surface area is 127 Å². The zero-order valence-electron chi connectivity index (χ0n) is 13.1. The highest BCUT2D eigenvalue weighted by atomic mass is 32.2. The van der Waals surface area contributed by atoms with E-state index in [1.54, 1.807) is 20.0 Å². The molecular weight excluding hydrogens is 291 g/mol. The lowest BCUT2D eigenvalue weighted by atomic mass is 10.1. The third-order valence-corrected chi connectivity index (χ3v) is 4.80. The van der Waals surface area contributed by atoms with Gasteiger partial charge in [-0.2, -0.15) is 0 Å². The normalized spacial score (nSPS) is 13.6. The fourth-order valence-electron chi connectivity index (χ4n) is 2.04. The van der Waals surface area contributed by atoms with E-state index in [2.05, 4.69) is 23.9 Å². The van der Waals surface area contributed by atoms with Gasteiger partial charge in [0.2, 0.25) is 10.0 Å². The van der Waals surface area contributed by atoms with Crippen LogP contribution >= 0.6 is 0 Å². The van der Waals surface area contributed by atoms with Crippen molar-refractivity contribution >= 4 is 10.0 Å². The van der Waals surface area contributed by atoms with Gasteiger partial charge in [-0.1, -0.05) is 19.9 Å². The quantitative estimate of drug-likeness (QED) is 0.775. The molecule has 0 aliphatic heterocycles. The van der Waals surface area contributed by atoms with Crippen molar-refractivity contribution in [2.24, 2.45) is 5.92 Å². The maximum absolute atomic E-state index is 13.8. The topological polar surface area (TPSA) is 58.2 Å². The van der Waals surface area contributed by atoms with Crippen LogP contribution in [0.2, 0.25) is 0 Å². The molecule has 1 rings (SSSR count). The second kappa shape index (κ2) is 7.87. The van der Waals surface area contributed by atoms with Crippen molar-refractivity contribution in [3.05, 3.63) is 29.6 Å². The molecular formula is C15H25FN2O2S. The molecule has 4 nitrogen and oxygen atoms in total. The monoisotopic (exact) mass is 316 g/mol. The summed E-state index contributed by atoms with van der Waals surface area (Å²) < 4.78 is 41.0. The molecule has 0 bridgehead atoms. The third-order valence-electron chi connectivity index (χ3n) is 3.20. The lowest BCUT2D eigenvalue weighted by Gasteiger charge is -2.16. The standard InChI is InChI=1S/C15H25FN2O2S/c1-11(2)5-6-12(3)18-21(19,20)15-9-13(10-17-4)7-8-14(15)16/h7-9,11-12,17-18H,5-6,10H2,1-4H3. The molecule has 2 N–H and O–H groups in total. The van der Waals surface area contributed by atoms with E-state index < -0.39 is 15.8 Å². The molecule has 0 aliphatic rings. The van der Waals surface area contributed by atoms with Gasteiger partial charge in [0.15, 0.2) is 0 Å². The highest BCUT2D eigenvalue weighted by Gasteiger charge is 2.21. The predicted molar refractivity (Wildman–Crippen MR) is 83.0 cm³/mol. The Balaban J connectivity index is 2.89. The minimum atomic E-state index is -3.83. The van der Waals surface area contributed by atoms with Crippen LogP contribution in [0, 0.1) is 11.7 Å². The molecule has 6 heteroatoms. The summed E-state index contributed by atoms with van der Waals surface area (Å²) in [6, 6.07) is 3.93. The summed E-state index contributed by atoms with van der Waals surface area (Å²) in [7, 11) is -2.08. The number of benzene rings is 1. The van der Waals surface area contributed by atoms with Crippen LogP contribution < -0.4 is 10.0 Å². The largest absolute Gasteiger partial charge is 0.316 e. The third kappa shape index (κ3) is 5.73. The average molecular weight is 316 g/mol. The highest BCUT2D eigenvalue weighted by molar-refractivity contribution is 7.89. The first-order valence-electron chi connectivity index (χ1n) is 7.21. The highest BCUT2D eigenvalue weighted by Crippen LogP contribution is 2.18. The fourth-order valence-corrected chi connectivity index (χ4v) is 3.44. The van der Waals surface area contributed by atoms with Gasteiger partial charge in [-0.15, -0.1) is 0 Å². The molecule has 21 heavy (non-hydrogen) atoms. The van der Waals surface area contributed by atoms with E-state index in [1.807, 2.05) is 0 Å². The van der Waals surface area contributed by atoms with Gasteiger partial charge in [0.05, 0.1) is 0 Å². The molecule has 0 amide bonds. The summed E-state index contributed by atoms with van der Waals surface area (Å²) in [6.45, 7) is 6.46. The molecule has 0 spiro atoms. The van der Waals surface area contributed by atoms with Crippen molar-refractivity contribution < 1.29 is 12.8 Å². The summed E-state index contributed by atoms with van der Waals surface area (Å²) in [6.07, 6.45) is 1.65. The van der Waals surface area contributed by atoms with Crippen molar-refractivity contribution in [1.29, 1.82) is 0 Å². The van der Waals surface area contributed by atoms with Crippen LogP contribution in [-0.2, 0) is 16.6 Å². The Morgan fingerprint density at radius 3 is 2.43 bits per heavy atom. The number of hydrogen-bond acceptors (Lipinski definition) is 3. The van der Waals surface area contributed by atoms with Crippen LogP contribution in [0.5, 0.6) is 0 Å². The second-order valence-corrected chi connectivity index (χ2v) is 7.47. The Hall–Kier alpha value is -0.980. The Kier molecular flexibility index (Phi) is 6.77. The van der Waals surface area contributed by atoms with Crippen molar-refractivity contribution in [1.82, 2.24) is 10.0 Å². The molecule has 1 aromatic carbocycles. The van der Waals surface area contributed by atoms with Crippen LogP contribution in [0.25, 0.3) is 0 Å². The zero-order chi connectivity index (χ0) is 16.0. The molecule has 120 valence electrons. The number of nitrogens with one attached hydrogen (secondary N) is 2. The summed E-state index contributed by atoms with van der Waals surface area (Å²) >= 11 is 0. The van der Waals surface area contributed by atoms with E-state index in [4.69, 9.17) is 0 Å². The van der Waals surface area contributed by atoms with Gasteiger partial charge in [-0.3, -0.25) is 0 Å². The second-order valence-electron chi connectivity index (χ2n) is 5.79. The Morgan fingerprint density at radius 1 is 1.19 bits per heavy atom. The Bertz CT molecular complexity index is 559. The Morgan fingerprint density at radius 2 is 1.86 bits per heavy atom. The summed E-state index contributed by atoms with van der Waals surface area (Å²) in [5.41, 5.74) is 0.731. The molecule has 0 fully saturated rings. The SMILES string of the molecule is CNCc1ccc(F)c(S(=O)(=O)NC(C)CCC(C)C)c1. The average Bonchev–Trinajstić information content (AvgIpc) is 2.38. The fraction of sp³-hybridized carbons (Fsp3) is 0.600. The number of rotatable bonds is 8. The number of halogens is 1. The number of sulfonamides is 1. The van der Waals surface area contributed by atoms with Crippen LogP contribution in [0.15, 0.2) is 23.1 Å². The van der Waals surface area contributed by atoms with Gasteiger partial charge in [0.25, 0.3) is 0 Å². The maximum atomic E-state index is 13.8. The minimum absolute atomic E-state index is 0.218. The van der Waals surface area contributed by atoms with Crippen molar-refractivity contribution in [3.8, 4) is 0 Å². The van der Waals surface area contributed by atoms with Gasteiger partial charge in [-0.25, -0.2) is 17.5 Å². The van der Waals surface area contributed by atoms with Gasteiger partial charge < -0.3 is 5.32 Å². The van der Waals surface area contributed by atoms with Crippen molar-refractivity contribution in [3.63, 3.8) is 0 Å². The van der Waals surface area contributed by atoms with Gasteiger partial charge >= 0.3 is 0 Å². The molecule has 0 saturated carbocycles. The molecule has 0 saturated heterocycles. The molecule has 0 aromatic heterocycles.